The molecule has 19 heavy (non-hydrogen) atoms. The maximum atomic E-state index is 4.84. The summed E-state index contributed by atoms with van der Waals surface area (Å²) < 4.78 is 0. The van der Waals surface area contributed by atoms with Gasteiger partial charge in [-0.3, -0.25) is 0 Å². The van der Waals surface area contributed by atoms with Crippen LogP contribution in [0.2, 0.25) is 0 Å². The van der Waals surface area contributed by atoms with Gasteiger partial charge in [-0.15, -0.1) is 0 Å². The summed E-state index contributed by atoms with van der Waals surface area (Å²) in [5.74, 6) is 1.13. The highest BCUT2D eigenvalue weighted by molar-refractivity contribution is 9.09. The minimum absolute atomic E-state index is 0.580. The van der Waals surface area contributed by atoms with Crippen molar-refractivity contribution in [1.82, 2.24) is 4.98 Å². The average molecular weight is 319 g/mol. The van der Waals surface area contributed by atoms with Crippen LogP contribution in [0.4, 0.5) is 5.82 Å². The second kappa shape index (κ2) is 5.91. The Hall–Kier alpha value is -1.09. The topological polar surface area (TPSA) is 16.1 Å². The van der Waals surface area contributed by atoms with Gasteiger partial charge in [0.05, 0.1) is 5.52 Å². The van der Waals surface area contributed by atoms with Crippen LogP contribution in [-0.2, 0) is 0 Å². The van der Waals surface area contributed by atoms with E-state index in [4.69, 9.17) is 4.98 Å². The average Bonchev–Trinajstić information content (AvgIpc) is 2.72. The molecule has 0 saturated carbocycles. The fourth-order valence-electron chi connectivity index (χ4n) is 2.85. The number of anilines is 1. The highest BCUT2D eigenvalue weighted by atomic mass is 79.9. The fraction of sp³-hybridized carbons (Fsp3) is 0.438. The Labute approximate surface area is 123 Å². The van der Waals surface area contributed by atoms with E-state index in [1.54, 1.807) is 0 Å². The third kappa shape index (κ3) is 2.76. The zero-order valence-electron chi connectivity index (χ0n) is 11.1. The highest BCUT2D eigenvalue weighted by Gasteiger charge is 2.21. The Bertz CT molecular complexity index is 555. The van der Waals surface area contributed by atoms with Crippen LogP contribution in [0.15, 0.2) is 36.4 Å². The molecule has 0 bridgehead atoms. The van der Waals surface area contributed by atoms with Crippen LogP contribution in [0.25, 0.3) is 10.9 Å². The lowest BCUT2D eigenvalue weighted by Gasteiger charge is -2.30. The normalized spacial score (nSPS) is 20.5. The van der Waals surface area contributed by atoms with Gasteiger partial charge in [0, 0.05) is 23.3 Å². The van der Waals surface area contributed by atoms with Crippen LogP contribution < -0.4 is 4.90 Å². The van der Waals surface area contributed by atoms with E-state index in [-0.39, 0.29) is 0 Å². The summed E-state index contributed by atoms with van der Waals surface area (Å²) in [6, 6.07) is 13.3. The number of para-hydroxylation sites is 1. The molecule has 0 aliphatic carbocycles. The third-order valence-electron chi connectivity index (χ3n) is 3.93. The smallest absolute Gasteiger partial charge is 0.129 e. The zero-order chi connectivity index (χ0) is 13.1. The van der Waals surface area contributed by atoms with Gasteiger partial charge in [0.25, 0.3) is 0 Å². The van der Waals surface area contributed by atoms with Crippen molar-refractivity contribution < 1.29 is 0 Å². The molecule has 0 N–H and O–H groups in total. The van der Waals surface area contributed by atoms with E-state index in [0.717, 1.165) is 23.2 Å². The molecule has 1 atom stereocenters. The van der Waals surface area contributed by atoms with Gasteiger partial charge in [-0.05, 0) is 31.0 Å². The third-order valence-corrected chi connectivity index (χ3v) is 4.68. The number of hydrogen-bond acceptors (Lipinski definition) is 2. The van der Waals surface area contributed by atoms with Crippen molar-refractivity contribution in [2.75, 3.05) is 16.8 Å². The number of benzene rings is 1. The minimum Gasteiger partial charge on any atom is -0.353 e. The van der Waals surface area contributed by atoms with E-state index >= 15 is 0 Å². The predicted molar refractivity (Wildman–Crippen MR) is 85.1 cm³/mol. The molecule has 3 heteroatoms. The summed E-state index contributed by atoms with van der Waals surface area (Å²) in [6.07, 6.45) is 5.21. The molecule has 1 aromatic carbocycles. The lowest BCUT2D eigenvalue weighted by atomic mass is 10.1. The minimum atomic E-state index is 0.580. The lowest BCUT2D eigenvalue weighted by Crippen LogP contribution is -2.36. The summed E-state index contributed by atoms with van der Waals surface area (Å²) >= 11 is 3.66. The van der Waals surface area contributed by atoms with E-state index in [0.29, 0.717) is 6.04 Å². The first-order valence-electron chi connectivity index (χ1n) is 7.07. The van der Waals surface area contributed by atoms with Gasteiger partial charge in [-0.2, -0.15) is 0 Å². The molecule has 0 radical (unpaired) electrons. The van der Waals surface area contributed by atoms with E-state index < -0.39 is 0 Å². The maximum Gasteiger partial charge on any atom is 0.129 e. The van der Waals surface area contributed by atoms with E-state index in [1.807, 2.05) is 0 Å². The molecule has 1 unspecified atom stereocenters. The first kappa shape index (κ1) is 12.9. The van der Waals surface area contributed by atoms with Crippen molar-refractivity contribution in [3.63, 3.8) is 0 Å². The van der Waals surface area contributed by atoms with Crippen LogP contribution in [0.3, 0.4) is 0 Å². The van der Waals surface area contributed by atoms with E-state index in [1.165, 1.54) is 31.1 Å². The standard InChI is InChI=1S/C16H19BrN2/c17-12-14-7-2-1-5-11-19(14)16-10-9-13-6-3-4-8-15(13)18-16/h3-4,6,8-10,14H,1-2,5,7,11-12H2. The highest BCUT2D eigenvalue weighted by Crippen LogP contribution is 2.25. The van der Waals surface area contributed by atoms with Gasteiger partial charge in [-0.1, -0.05) is 47.0 Å². The molecule has 0 spiro atoms. The SMILES string of the molecule is BrCC1CCCCCN1c1ccc2ccccc2n1. The molecule has 1 saturated heterocycles. The predicted octanol–water partition coefficient (Wildman–Crippen LogP) is 4.38. The number of aromatic nitrogens is 1. The number of nitrogens with zero attached hydrogens (tertiary/aromatic N) is 2. The summed E-state index contributed by atoms with van der Waals surface area (Å²) in [4.78, 5) is 7.32. The number of pyridine rings is 1. The molecule has 2 nitrogen and oxygen atoms in total. The van der Waals surface area contributed by atoms with Crippen LogP contribution in [0, 0.1) is 0 Å². The number of rotatable bonds is 2. The number of halogens is 1. The molecular weight excluding hydrogens is 300 g/mol. The van der Waals surface area contributed by atoms with Crippen LogP contribution in [0.5, 0.6) is 0 Å². The van der Waals surface area contributed by atoms with Gasteiger partial charge in [0.1, 0.15) is 5.82 Å². The lowest BCUT2D eigenvalue weighted by molar-refractivity contribution is 0.622. The molecule has 1 fully saturated rings. The summed E-state index contributed by atoms with van der Waals surface area (Å²) in [6.45, 7) is 1.13. The van der Waals surface area contributed by atoms with Gasteiger partial charge in [0.2, 0.25) is 0 Å². The summed E-state index contributed by atoms with van der Waals surface area (Å²) in [5.41, 5.74) is 1.09. The molecular formula is C16H19BrN2. The second-order valence-electron chi connectivity index (χ2n) is 5.21. The molecule has 3 rings (SSSR count). The van der Waals surface area contributed by atoms with Gasteiger partial charge in [0.15, 0.2) is 0 Å². The summed E-state index contributed by atoms with van der Waals surface area (Å²) in [5, 5.41) is 2.25. The Balaban J connectivity index is 1.96. The first-order chi connectivity index (χ1) is 9.38. The molecule has 0 amide bonds. The van der Waals surface area contributed by atoms with Gasteiger partial charge in [-0.25, -0.2) is 4.98 Å². The largest absolute Gasteiger partial charge is 0.353 e. The van der Waals surface area contributed by atoms with Crippen LogP contribution in [-0.4, -0.2) is 22.9 Å². The van der Waals surface area contributed by atoms with Gasteiger partial charge < -0.3 is 4.90 Å². The number of fused-ring (bicyclic) bond motifs is 1. The van der Waals surface area contributed by atoms with Crippen molar-refractivity contribution in [2.24, 2.45) is 0 Å². The van der Waals surface area contributed by atoms with Crippen molar-refractivity contribution in [3.8, 4) is 0 Å². The molecule has 2 heterocycles. The molecule has 1 aliphatic rings. The van der Waals surface area contributed by atoms with Crippen LogP contribution in [0.1, 0.15) is 25.7 Å². The number of alkyl halides is 1. The maximum absolute atomic E-state index is 4.84. The molecule has 100 valence electrons. The monoisotopic (exact) mass is 318 g/mol. The Morgan fingerprint density at radius 3 is 2.89 bits per heavy atom. The quantitative estimate of drug-likeness (QED) is 0.764. The molecule has 1 aromatic heterocycles. The molecule has 2 aromatic rings. The van der Waals surface area contributed by atoms with Crippen molar-refractivity contribution >= 4 is 32.7 Å². The summed E-state index contributed by atoms with van der Waals surface area (Å²) in [7, 11) is 0. The van der Waals surface area contributed by atoms with Crippen molar-refractivity contribution in [2.45, 2.75) is 31.7 Å². The second-order valence-corrected chi connectivity index (χ2v) is 5.86. The Morgan fingerprint density at radius 2 is 2.00 bits per heavy atom. The fourth-order valence-corrected chi connectivity index (χ4v) is 3.53. The Morgan fingerprint density at radius 1 is 1.11 bits per heavy atom. The van der Waals surface area contributed by atoms with E-state index in [9.17, 15) is 0 Å². The first-order valence-corrected chi connectivity index (χ1v) is 8.19. The van der Waals surface area contributed by atoms with Gasteiger partial charge >= 0.3 is 0 Å². The Kier molecular flexibility index (Phi) is 4.02. The van der Waals surface area contributed by atoms with Crippen molar-refractivity contribution in [3.05, 3.63) is 36.4 Å². The van der Waals surface area contributed by atoms with Crippen molar-refractivity contribution in [1.29, 1.82) is 0 Å². The number of hydrogen-bond donors (Lipinski definition) is 0. The zero-order valence-corrected chi connectivity index (χ0v) is 12.6. The van der Waals surface area contributed by atoms with Crippen LogP contribution >= 0.6 is 15.9 Å². The van der Waals surface area contributed by atoms with E-state index in [2.05, 4.69) is 57.2 Å². The molecule has 1 aliphatic heterocycles.